The Hall–Kier alpha value is -1.30. The molecule has 6 heteroatoms. The fourth-order valence-electron chi connectivity index (χ4n) is 2.86. The Labute approximate surface area is 147 Å². The number of esters is 1. The summed E-state index contributed by atoms with van der Waals surface area (Å²) in [5, 5.41) is 3.45. The number of nitrogens with one attached hydrogen (secondary N) is 1. The van der Waals surface area contributed by atoms with E-state index >= 15 is 0 Å². The lowest BCUT2D eigenvalue weighted by Gasteiger charge is -2.33. The molecule has 0 unspecified atom stereocenters. The first kappa shape index (κ1) is 20.7. The molecule has 1 saturated heterocycles. The minimum atomic E-state index is -0.0469. The maximum absolute atomic E-state index is 11.8. The number of piperidine rings is 1. The van der Waals surface area contributed by atoms with Crippen LogP contribution in [0.3, 0.4) is 0 Å². The van der Waals surface area contributed by atoms with E-state index in [2.05, 4.69) is 41.0 Å². The third kappa shape index (κ3) is 7.07. The number of hydrogen-bond donors (Lipinski definition) is 1. The highest BCUT2D eigenvalue weighted by Crippen LogP contribution is 2.18. The number of likely N-dealkylation sites (tertiary alicyclic amines) is 1. The molecule has 0 aromatic rings. The lowest BCUT2D eigenvalue weighted by Crippen LogP contribution is -2.47. The maximum atomic E-state index is 11.8. The first-order valence-electron chi connectivity index (χ1n) is 9.32. The summed E-state index contributed by atoms with van der Waals surface area (Å²) in [6.45, 7) is 10.6. The molecule has 0 atom stereocenters. The molecule has 24 heavy (non-hydrogen) atoms. The van der Waals surface area contributed by atoms with Gasteiger partial charge in [0.25, 0.3) is 0 Å². The first-order chi connectivity index (χ1) is 11.5. The summed E-state index contributed by atoms with van der Waals surface area (Å²) in [7, 11) is 4.00. The molecule has 0 aliphatic carbocycles. The van der Waals surface area contributed by atoms with Crippen LogP contribution >= 0.6 is 0 Å². The molecule has 0 spiro atoms. The normalized spacial score (nSPS) is 16.8. The van der Waals surface area contributed by atoms with E-state index in [0.29, 0.717) is 12.6 Å². The second-order valence-corrected chi connectivity index (χ2v) is 6.77. The molecular weight excluding hydrogens is 304 g/mol. The van der Waals surface area contributed by atoms with Crippen molar-refractivity contribution in [2.24, 2.45) is 10.9 Å². The van der Waals surface area contributed by atoms with Gasteiger partial charge in [0, 0.05) is 32.7 Å². The van der Waals surface area contributed by atoms with Gasteiger partial charge in [0.2, 0.25) is 0 Å². The Bertz CT molecular complexity index is 390. The molecule has 0 aromatic carbocycles. The largest absolute Gasteiger partial charge is 0.466 e. The molecule has 1 aliphatic heterocycles. The predicted molar refractivity (Wildman–Crippen MR) is 99.3 cm³/mol. The molecule has 140 valence electrons. The van der Waals surface area contributed by atoms with Crippen LogP contribution in [-0.4, -0.2) is 74.7 Å². The number of rotatable bonds is 8. The number of guanidine groups is 1. The van der Waals surface area contributed by atoms with Crippen molar-refractivity contribution in [3.63, 3.8) is 0 Å². The van der Waals surface area contributed by atoms with Crippen molar-refractivity contribution in [3.8, 4) is 0 Å². The van der Waals surface area contributed by atoms with Gasteiger partial charge < -0.3 is 19.9 Å². The van der Waals surface area contributed by atoms with E-state index in [4.69, 9.17) is 4.74 Å². The average molecular weight is 341 g/mol. The highest BCUT2D eigenvalue weighted by atomic mass is 16.5. The Morgan fingerprint density at radius 2 is 2.00 bits per heavy atom. The molecule has 1 aliphatic rings. The fraction of sp³-hybridized carbons (Fsp3) is 0.889. The van der Waals surface area contributed by atoms with Crippen LogP contribution in [0, 0.1) is 5.92 Å². The topological polar surface area (TPSA) is 57.2 Å². The van der Waals surface area contributed by atoms with Gasteiger partial charge in [0.05, 0.1) is 12.5 Å². The number of aliphatic imine (C=N–C) groups is 1. The van der Waals surface area contributed by atoms with Gasteiger partial charge in [-0.1, -0.05) is 0 Å². The molecule has 1 rings (SSSR count). The van der Waals surface area contributed by atoms with Crippen LogP contribution in [0.1, 0.15) is 46.5 Å². The van der Waals surface area contributed by atoms with E-state index in [1.165, 1.54) is 6.42 Å². The Kier molecular flexibility index (Phi) is 9.76. The van der Waals surface area contributed by atoms with Gasteiger partial charge in [0.1, 0.15) is 0 Å². The number of hydrogen-bond acceptors (Lipinski definition) is 4. The van der Waals surface area contributed by atoms with Crippen molar-refractivity contribution in [1.29, 1.82) is 0 Å². The Morgan fingerprint density at radius 1 is 1.33 bits per heavy atom. The third-order valence-corrected chi connectivity index (χ3v) is 4.73. The molecule has 0 radical (unpaired) electrons. The Morgan fingerprint density at radius 3 is 2.54 bits per heavy atom. The standard InChI is InChI=1S/C18H36N4O2/c1-6-24-17(23)16-9-13-22(14-10-16)18(19-4)20-11-7-8-12-21(5)15(2)3/h15-16H,6-14H2,1-5H3,(H,19,20). The van der Waals surface area contributed by atoms with Gasteiger partial charge in [-0.3, -0.25) is 9.79 Å². The van der Waals surface area contributed by atoms with Crippen molar-refractivity contribution in [1.82, 2.24) is 15.1 Å². The SMILES string of the molecule is CCOC(=O)C1CCN(C(=NC)NCCCCN(C)C(C)C)CC1. The lowest BCUT2D eigenvalue weighted by atomic mass is 9.97. The monoisotopic (exact) mass is 340 g/mol. The highest BCUT2D eigenvalue weighted by molar-refractivity contribution is 5.80. The summed E-state index contributed by atoms with van der Waals surface area (Å²) in [5.41, 5.74) is 0. The second kappa shape index (κ2) is 11.3. The van der Waals surface area contributed by atoms with Crippen LogP contribution in [0.15, 0.2) is 4.99 Å². The zero-order valence-corrected chi connectivity index (χ0v) is 16.2. The van der Waals surface area contributed by atoms with Gasteiger partial charge in [-0.2, -0.15) is 0 Å². The number of ether oxygens (including phenoxy) is 1. The van der Waals surface area contributed by atoms with E-state index in [-0.39, 0.29) is 11.9 Å². The average Bonchev–Trinajstić information content (AvgIpc) is 2.58. The van der Waals surface area contributed by atoms with E-state index < -0.39 is 0 Å². The zero-order valence-electron chi connectivity index (χ0n) is 16.2. The van der Waals surface area contributed by atoms with Crippen LogP contribution in [-0.2, 0) is 9.53 Å². The van der Waals surface area contributed by atoms with Crippen molar-refractivity contribution in [2.45, 2.75) is 52.5 Å². The summed E-state index contributed by atoms with van der Waals surface area (Å²) in [5.74, 6) is 0.953. The number of unbranched alkanes of at least 4 members (excludes halogenated alkanes) is 1. The van der Waals surface area contributed by atoms with E-state index in [0.717, 1.165) is 51.4 Å². The minimum absolute atomic E-state index is 0.0469. The van der Waals surface area contributed by atoms with Crippen LogP contribution in [0.4, 0.5) is 0 Å². The molecule has 0 saturated carbocycles. The highest BCUT2D eigenvalue weighted by Gasteiger charge is 2.27. The summed E-state index contributed by atoms with van der Waals surface area (Å²) >= 11 is 0. The van der Waals surface area contributed by atoms with Gasteiger partial charge in [-0.25, -0.2) is 0 Å². The smallest absolute Gasteiger partial charge is 0.309 e. The number of carbonyl (C=O) groups excluding carboxylic acids is 1. The molecule has 0 amide bonds. The summed E-state index contributed by atoms with van der Waals surface area (Å²) in [6.07, 6.45) is 4.01. The maximum Gasteiger partial charge on any atom is 0.309 e. The summed E-state index contributed by atoms with van der Waals surface area (Å²) < 4.78 is 5.12. The van der Waals surface area contributed by atoms with Crippen molar-refractivity contribution < 1.29 is 9.53 Å². The zero-order chi connectivity index (χ0) is 17.9. The summed E-state index contributed by atoms with van der Waals surface area (Å²) in [4.78, 5) is 20.8. The van der Waals surface area contributed by atoms with Gasteiger partial charge in [-0.05, 0) is 60.0 Å². The van der Waals surface area contributed by atoms with Crippen molar-refractivity contribution in [3.05, 3.63) is 0 Å². The molecule has 1 heterocycles. The minimum Gasteiger partial charge on any atom is -0.466 e. The quantitative estimate of drug-likeness (QED) is 0.317. The van der Waals surface area contributed by atoms with Crippen molar-refractivity contribution >= 4 is 11.9 Å². The third-order valence-electron chi connectivity index (χ3n) is 4.73. The molecule has 0 aromatic heterocycles. The first-order valence-corrected chi connectivity index (χ1v) is 9.32. The van der Waals surface area contributed by atoms with Crippen LogP contribution in [0.25, 0.3) is 0 Å². The summed E-state index contributed by atoms with van der Waals surface area (Å²) in [6, 6.07) is 0.603. The molecular formula is C18H36N4O2. The van der Waals surface area contributed by atoms with Crippen molar-refractivity contribution in [2.75, 3.05) is 46.9 Å². The van der Waals surface area contributed by atoms with Crippen LogP contribution in [0.5, 0.6) is 0 Å². The van der Waals surface area contributed by atoms with Gasteiger partial charge in [0.15, 0.2) is 5.96 Å². The lowest BCUT2D eigenvalue weighted by molar-refractivity contribution is -0.149. The van der Waals surface area contributed by atoms with Gasteiger partial charge in [-0.15, -0.1) is 0 Å². The molecule has 1 N–H and O–H groups in total. The van der Waals surface area contributed by atoms with Crippen LogP contribution < -0.4 is 5.32 Å². The van der Waals surface area contributed by atoms with E-state index in [9.17, 15) is 4.79 Å². The van der Waals surface area contributed by atoms with Gasteiger partial charge >= 0.3 is 5.97 Å². The number of nitrogens with zero attached hydrogens (tertiary/aromatic N) is 3. The fourth-order valence-corrected chi connectivity index (χ4v) is 2.86. The van der Waals surface area contributed by atoms with Crippen LogP contribution in [0.2, 0.25) is 0 Å². The molecule has 1 fully saturated rings. The molecule has 6 nitrogen and oxygen atoms in total. The Balaban J connectivity index is 2.25. The van der Waals surface area contributed by atoms with E-state index in [1.807, 2.05) is 14.0 Å². The second-order valence-electron chi connectivity index (χ2n) is 6.77. The molecule has 0 bridgehead atoms. The predicted octanol–water partition coefficient (Wildman–Crippen LogP) is 1.96. The van der Waals surface area contributed by atoms with E-state index in [1.54, 1.807) is 0 Å². The number of carbonyl (C=O) groups is 1.